The molecule has 0 saturated carbocycles. The summed E-state index contributed by atoms with van der Waals surface area (Å²) < 4.78 is 7.83. The number of amides is 1. The van der Waals surface area contributed by atoms with Gasteiger partial charge in [-0.15, -0.1) is 0 Å². The van der Waals surface area contributed by atoms with Crippen molar-refractivity contribution in [1.29, 1.82) is 0 Å². The first kappa shape index (κ1) is 19.5. The number of aromatic nitrogens is 1. The summed E-state index contributed by atoms with van der Waals surface area (Å²) in [4.78, 5) is 28.7. The van der Waals surface area contributed by atoms with Crippen LogP contribution in [0.25, 0.3) is 21.8 Å². The fourth-order valence-corrected chi connectivity index (χ4v) is 4.39. The van der Waals surface area contributed by atoms with E-state index in [1.807, 2.05) is 31.3 Å². The van der Waals surface area contributed by atoms with E-state index in [0.29, 0.717) is 17.9 Å². The van der Waals surface area contributed by atoms with E-state index in [0.717, 1.165) is 52.4 Å². The summed E-state index contributed by atoms with van der Waals surface area (Å²) >= 11 is 0. The van der Waals surface area contributed by atoms with Crippen molar-refractivity contribution in [1.82, 2.24) is 14.4 Å². The van der Waals surface area contributed by atoms with Gasteiger partial charge in [0, 0.05) is 48.1 Å². The molecule has 0 atom stereocenters. The number of hydrogen-bond acceptors (Lipinski definition) is 4. The van der Waals surface area contributed by atoms with Crippen molar-refractivity contribution in [3.05, 3.63) is 41.0 Å². The van der Waals surface area contributed by atoms with Gasteiger partial charge in [-0.05, 0) is 57.7 Å². The van der Waals surface area contributed by atoms with Gasteiger partial charge >= 0.3 is 0 Å². The third-order valence-corrected chi connectivity index (χ3v) is 5.80. The Morgan fingerprint density at radius 2 is 1.97 bits per heavy atom. The number of methoxy groups -OCH3 is 1. The molecule has 0 radical (unpaired) electrons. The first-order chi connectivity index (χ1) is 13.8. The molecule has 2 aromatic carbocycles. The minimum atomic E-state index is -0.0296. The third kappa shape index (κ3) is 3.08. The molecule has 6 nitrogen and oxygen atoms in total. The molecule has 0 unspecified atom stereocenters. The highest BCUT2D eigenvalue weighted by atomic mass is 16.5. The van der Waals surface area contributed by atoms with E-state index in [1.54, 1.807) is 18.9 Å². The van der Waals surface area contributed by atoms with Crippen molar-refractivity contribution in [2.45, 2.75) is 26.4 Å². The van der Waals surface area contributed by atoms with Crippen LogP contribution in [0, 0.1) is 0 Å². The number of hydrogen-bond donors (Lipinski definition) is 0. The number of benzene rings is 2. The fourth-order valence-electron chi connectivity index (χ4n) is 4.39. The summed E-state index contributed by atoms with van der Waals surface area (Å²) in [7, 11) is 7.57. The molecular formula is C23H27N3O3. The summed E-state index contributed by atoms with van der Waals surface area (Å²) in [6, 6.07) is 7.88. The summed E-state index contributed by atoms with van der Waals surface area (Å²) in [5.74, 6) is 0.611. The molecule has 4 rings (SSSR count). The Hall–Kier alpha value is -2.86. The minimum Gasteiger partial charge on any atom is -0.496 e. The predicted octanol–water partition coefficient (Wildman–Crippen LogP) is 3.54. The standard InChI is InChI=1S/C23H27N3O3/c1-14(27)16-11-17-20(12-21(16)29-5)26(10-6-9-24(2)3)19-8-7-15-18(22(17)19)13-25(4)23(15)28/h7-8,11-12H,6,9-10,13H2,1-5H3. The van der Waals surface area contributed by atoms with Crippen molar-refractivity contribution >= 4 is 33.5 Å². The maximum absolute atomic E-state index is 12.5. The monoisotopic (exact) mass is 393 g/mol. The molecule has 29 heavy (non-hydrogen) atoms. The molecular weight excluding hydrogens is 366 g/mol. The normalized spacial score (nSPS) is 13.7. The predicted molar refractivity (Wildman–Crippen MR) is 115 cm³/mol. The van der Waals surface area contributed by atoms with Crippen LogP contribution in [0.4, 0.5) is 0 Å². The Labute approximate surface area is 170 Å². The molecule has 0 saturated heterocycles. The third-order valence-electron chi connectivity index (χ3n) is 5.80. The van der Waals surface area contributed by atoms with E-state index in [4.69, 9.17) is 4.74 Å². The molecule has 0 spiro atoms. The van der Waals surface area contributed by atoms with Crippen molar-refractivity contribution in [2.24, 2.45) is 0 Å². The van der Waals surface area contributed by atoms with Crippen molar-refractivity contribution < 1.29 is 14.3 Å². The number of Topliss-reactive ketones (excluding diaryl/α,β-unsaturated/α-hetero) is 1. The van der Waals surface area contributed by atoms with Crippen LogP contribution in [0.1, 0.15) is 39.6 Å². The number of aryl methyl sites for hydroxylation is 1. The fraction of sp³-hybridized carbons (Fsp3) is 0.391. The highest BCUT2D eigenvalue weighted by molar-refractivity contribution is 6.16. The maximum Gasteiger partial charge on any atom is 0.254 e. The second kappa shape index (κ2) is 7.19. The van der Waals surface area contributed by atoms with Crippen LogP contribution in [0.2, 0.25) is 0 Å². The second-order valence-corrected chi connectivity index (χ2v) is 8.08. The second-order valence-electron chi connectivity index (χ2n) is 8.08. The number of carbonyl (C=O) groups excluding carboxylic acids is 2. The molecule has 1 aliphatic heterocycles. The smallest absolute Gasteiger partial charge is 0.254 e. The van der Waals surface area contributed by atoms with Crippen LogP contribution in [-0.2, 0) is 13.1 Å². The Bertz CT molecular complexity index is 1140. The summed E-state index contributed by atoms with van der Waals surface area (Å²) in [6.45, 7) is 3.98. The van der Waals surface area contributed by atoms with Crippen LogP contribution >= 0.6 is 0 Å². The van der Waals surface area contributed by atoms with Gasteiger partial charge in [-0.2, -0.15) is 0 Å². The number of ether oxygens (including phenoxy) is 1. The first-order valence-electron chi connectivity index (χ1n) is 9.90. The lowest BCUT2D eigenvalue weighted by Gasteiger charge is -2.12. The molecule has 6 heteroatoms. The molecule has 2 heterocycles. The largest absolute Gasteiger partial charge is 0.496 e. The van der Waals surface area contributed by atoms with Gasteiger partial charge in [0.1, 0.15) is 5.75 Å². The van der Waals surface area contributed by atoms with Gasteiger partial charge in [-0.3, -0.25) is 9.59 Å². The lowest BCUT2D eigenvalue weighted by molar-refractivity contribution is 0.0816. The van der Waals surface area contributed by atoms with Crippen molar-refractivity contribution in [3.8, 4) is 5.75 Å². The highest BCUT2D eigenvalue weighted by Gasteiger charge is 2.29. The molecule has 0 fully saturated rings. The minimum absolute atomic E-state index is 0.0296. The van der Waals surface area contributed by atoms with Crippen LogP contribution < -0.4 is 4.74 Å². The zero-order valence-electron chi connectivity index (χ0n) is 17.7. The lowest BCUT2D eigenvalue weighted by atomic mass is 10.0. The topological polar surface area (TPSA) is 54.8 Å². The van der Waals surface area contributed by atoms with E-state index >= 15 is 0 Å². The Morgan fingerprint density at radius 3 is 2.62 bits per heavy atom. The van der Waals surface area contributed by atoms with E-state index < -0.39 is 0 Å². The average molecular weight is 393 g/mol. The van der Waals surface area contributed by atoms with Crippen molar-refractivity contribution in [3.63, 3.8) is 0 Å². The number of nitrogens with zero attached hydrogens (tertiary/aromatic N) is 3. The maximum atomic E-state index is 12.5. The zero-order chi connectivity index (χ0) is 20.9. The SMILES string of the molecule is COc1cc2c(cc1C(C)=O)c1c3c(ccc1n2CCCN(C)C)C(=O)N(C)C3. The molecule has 3 aromatic rings. The van der Waals surface area contributed by atoms with Crippen LogP contribution in [0.15, 0.2) is 24.3 Å². The van der Waals surface area contributed by atoms with Gasteiger partial charge in [-0.25, -0.2) is 0 Å². The number of rotatable bonds is 6. The van der Waals surface area contributed by atoms with Crippen LogP contribution in [0.5, 0.6) is 5.75 Å². The zero-order valence-corrected chi connectivity index (χ0v) is 17.7. The molecule has 1 amide bonds. The van der Waals surface area contributed by atoms with Crippen molar-refractivity contribution in [2.75, 3.05) is 34.8 Å². The van der Waals surface area contributed by atoms with Gasteiger partial charge in [-0.1, -0.05) is 0 Å². The van der Waals surface area contributed by atoms with Gasteiger partial charge in [0.15, 0.2) is 5.78 Å². The van der Waals surface area contributed by atoms with E-state index in [1.165, 1.54) is 0 Å². The van der Waals surface area contributed by atoms with Crippen LogP contribution in [-0.4, -0.2) is 60.9 Å². The van der Waals surface area contributed by atoms with Gasteiger partial charge in [0.05, 0.1) is 18.2 Å². The average Bonchev–Trinajstić information content (AvgIpc) is 3.14. The van der Waals surface area contributed by atoms with Gasteiger partial charge in [0.2, 0.25) is 0 Å². The summed E-state index contributed by atoms with van der Waals surface area (Å²) in [5, 5.41) is 2.08. The first-order valence-corrected chi connectivity index (χ1v) is 9.90. The number of carbonyl (C=O) groups is 2. The molecule has 0 bridgehead atoms. The number of ketones is 1. The molecule has 0 aliphatic carbocycles. The molecule has 1 aliphatic rings. The highest BCUT2D eigenvalue weighted by Crippen LogP contribution is 2.39. The Morgan fingerprint density at radius 1 is 1.21 bits per heavy atom. The van der Waals surface area contributed by atoms with E-state index in [-0.39, 0.29) is 11.7 Å². The molecule has 152 valence electrons. The number of fused-ring (bicyclic) bond motifs is 5. The summed E-state index contributed by atoms with van der Waals surface area (Å²) in [6.07, 6.45) is 0.999. The summed E-state index contributed by atoms with van der Waals surface area (Å²) in [5.41, 5.74) is 4.51. The quantitative estimate of drug-likeness (QED) is 0.601. The van der Waals surface area contributed by atoms with Gasteiger partial charge < -0.3 is 19.1 Å². The molecule has 0 N–H and O–H groups in total. The van der Waals surface area contributed by atoms with Gasteiger partial charge in [0.25, 0.3) is 5.91 Å². The molecule has 1 aromatic heterocycles. The van der Waals surface area contributed by atoms with Crippen LogP contribution in [0.3, 0.4) is 0 Å². The Kier molecular flexibility index (Phi) is 4.82. The lowest BCUT2D eigenvalue weighted by Crippen LogP contribution is -2.17. The Balaban J connectivity index is 2.03. The van der Waals surface area contributed by atoms with E-state index in [9.17, 15) is 9.59 Å². The van der Waals surface area contributed by atoms with E-state index in [2.05, 4.69) is 23.6 Å².